The molecular formula is C18H26N4O. The molecule has 1 aromatic heterocycles. The molecule has 5 heteroatoms. The maximum atomic E-state index is 12.3. The third kappa shape index (κ3) is 3.50. The number of anilines is 1. The van der Waals surface area contributed by atoms with Crippen molar-refractivity contribution < 1.29 is 4.79 Å². The molecule has 1 aromatic carbocycles. The molecule has 0 atom stereocenters. The molecule has 1 aliphatic carbocycles. The number of rotatable bonds is 5. The predicted molar refractivity (Wildman–Crippen MR) is 94.9 cm³/mol. The minimum Gasteiger partial charge on any atom is -0.346 e. The minimum absolute atomic E-state index is 0.0129. The van der Waals surface area contributed by atoms with Gasteiger partial charge in [0.25, 0.3) is 0 Å². The summed E-state index contributed by atoms with van der Waals surface area (Å²) in [6, 6.07) is 8.63. The summed E-state index contributed by atoms with van der Waals surface area (Å²) in [5, 5.41) is 4.17. The zero-order valence-corrected chi connectivity index (χ0v) is 14.2. The van der Waals surface area contributed by atoms with Crippen molar-refractivity contribution >= 4 is 22.6 Å². The summed E-state index contributed by atoms with van der Waals surface area (Å²) in [6.45, 7) is 1.97. The predicted octanol–water partition coefficient (Wildman–Crippen LogP) is 3.22. The molecule has 1 saturated carbocycles. The van der Waals surface area contributed by atoms with Gasteiger partial charge in [-0.05, 0) is 57.6 Å². The first-order chi connectivity index (χ1) is 11.0. The molecule has 124 valence electrons. The maximum absolute atomic E-state index is 12.3. The highest BCUT2D eigenvalue weighted by molar-refractivity contribution is 5.93. The van der Waals surface area contributed by atoms with Gasteiger partial charge < -0.3 is 19.7 Å². The Morgan fingerprint density at radius 2 is 2.04 bits per heavy atom. The van der Waals surface area contributed by atoms with Crippen LogP contribution in [0.15, 0.2) is 30.5 Å². The van der Waals surface area contributed by atoms with E-state index in [9.17, 15) is 4.79 Å². The lowest BCUT2D eigenvalue weighted by molar-refractivity contribution is 0.169. The smallest absolute Gasteiger partial charge is 0.321 e. The number of likely N-dealkylation sites (N-methyl/N-ethyl adjacent to an activating group) is 1. The van der Waals surface area contributed by atoms with Crippen LogP contribution in [0, 0.1) is 0 Å². The number of carbonyl (C=O) groups is 1. The molecule has 0 aliphatic heterocycles. The van der Waals surface area contributed by atoms with E-state index >= 15 is 0 Å². The van der Waals surface area contributed by atoms with Crippen molar-refractivity contribution in [1.29, 1.82) is 0 Å². The summed E-state index contributed by atoms with van der Waals surface area (Å²) >= 11 is 0. The van der Waals surface area contributed by atoms with Crippen LogP contribution in [-0.2, 0) is 6.54 Å². The molecule has 0 radical (unpaired) electrons. The summed E-state index contributed by atoms with van der Waals surface area (Å²) in [5.74, 6) is 0. The SMILES string of the molecule is CN(C)CCn1ccc2cc(NC(=O)N(C)C3CCC3)ccc21. The highest BCUT2D eigenvalue weighted by atomic mass is 16.2. The van der Waals surface area contributed by atoms with E-state index < -0.39 is 0 Å². The van der Waals surface area contributed by atoms with Crippen molar-refractivity contribution in [1.82, 2.24) is 14.4 Å². The van der Waals surface area contributed by atoms with Crippen molar-refractivity contribution in [2.45, 2.75) is 31.8 Å². The highest BCUT2D eigenvalue weighted by Gasteiger charge is 2.25. The Morgan fingerprint density at radius 1 is 1.26 bits per heavy atom. The van der Waals surface area contributed by atoms with Crippen LogP contribution < -0.4 is 5.32 Å². The lowest BCUT2D eigenvalue weighted by Crippen LogP contribution is -2.43. The Morgan fingerprint density at radius 3 is 2.70 bits per heavy atom. The van der Waals surface area contributed by atoms with Gasteiger partial charge in [-0.2, -0.15) is 0 Å². The Bertz CT molecular complexity index is 687. The molecule has 23 heavy (non-hydrogen) atoms. The molecule has 2 amide bonds. The monoisotopic (exact) mass is 314 g/mol. The Labute approximate surface area is 137 Å². The third-order valence-electron chi connectivity index (χ3n) is 4.75. The van der Waals surface area contributed by atoms with Crippen LogP contribution in [0.3, 0.4) is 0 Å². The first kappa shape index (κ1) is 15.9. The van der Waals surface area contributed by atoms with Gasteiger partial charge in [0, 0.05) is 49.0 Å². The average Bonchev–Trinajstić information content (AvgIpc) is 2.85. The number of carbonyl (C=O) groups excluding carboxylic acids is 1. The number of nitrogens with zero attached hydrogens (tertiary/aromatic N) is 3. The van der Waals surface area contributed by atoms with Crippen LogP contribution >= 0.6 is 0 Å². The zero-order valence-electron chi connectivity index (χ0n) is 14.2. The van der Waals surface area contributed by atoms with Crippen molar-refractivity contribution in [2.24, 2.45) is 0 Å². The van der Waals surface area contributed by atoms with Crippen molar-refractivity contribution in [3.8, 4) is 0 Å². The van der Waals surface area contributed by atoms with Crippen LogP contribution in [0.2, 0.25) is 0 Å². The van der Waals surface area contributed by atoms with Gasteiger partial charge >= 0.3 is 6.03 Å². The molecule has 2 aromatic rings. The highest BCUT2D eigenvalue weighted by Crippen LogP contribution is 2.25. The van der Waals surface area contributed by atoms with Crippen LogP contribution in [0.5, 0.6) is 0 Å². The normalized spacial score (nSPS) is 15.0. The number of amides is 2. The number of fused-ring (bicyclic) bond motifs is 1. The van der Waals surface area contributed by atoms with Crippen molar-refractivity contribution in [3.05, 3.63) is 30.5 Å². The Hall–Kier alpha value is -2.01. The number of benzene rings is 1. The van der Waals surface area contributed by atoms with Crippen molar-refractivity contribution in [2.75, 3.05) is 33.0 Å². The second-order valence-electron chi connectivity index (χ2n) is 6.71. The number of nitrogens with one attached hydrogen (secondary N) is 1. The van der Waals surface area contributed by atoms with E-state index in [-0.39, 0.29) is 6.03 Å². The number of hydrogen-bond acceptors (Lipinski definition) is 2. The van der Waals surface area contributed by atoms with E-state index in [1.807, 2.05) is 24.1 Å². The molecule has 1 fully saturated rings. The summed E-state index contributed by atoms with van der Waals surface area (Å²) in [6.07, 6.45) is 5.59. The minimum atomic E-state index is -0.0129. The molecule has 3 rings (SSSR count). The van der Waals surface area contributed by atoms with Gasteiger partial charge in [-0.3, -0.25) is 0 Å². The van der Waals surface area contributed by atoms with Gasteiger partial charge in [-0.1, -0.05) is 0 Å². The Balaban J connectivity index is 1.69. The van der Waals surface area contributed by atoms with E-state index in [0.717, 1.165) is 37.0 Å². The van der Waals surface area contributed by atoms with E-state index in [1.54, 1.807) is 0 Å². The molecule has 0 bridgehead atoms. The zero-order chi connectivity index (χ0) is 16.4. The molecule has 1 N–H and O–H groups in total. The van der Waals surface area contributed by atoms with E-state index in [0.29, 0.717) is 6.04 Å². The largest absolute Gasteiger partial charge is 0.346 e. The van der Waals surface area contributed by atoms with Crippen LogP contribution in [0.1, 0.15) is 19.3 Å². The summed E-state index contributed by atoms with van der Waals surface area (Å²) in [7, 11) is 6.05. The fourth-order valence-electron chi connectivity index (χ4n) is 2.93. The average molecular weight is 314 g/mol. The second kappa shape index (κ2) is 6.62. The lowest BCUT2D eigenvalue weighted by Gasteiger charge is -2.34. The topological polar surface area (TPSA) is 40.5 Å². The summed E-state index contributed by atoms with van der Waals surface area (Å²) < 4.78 is 2.25. The summed E-state index contributed by atoms with van der Waals surface area (Å²) in [4.78, 5) is 16.3. The van der Waals surface area contributed by atoms with Gasteiger partial charge in [-0.25, -0.2) is 4.79 Å². The third-order valence-corrected chi connectivity index (χ3v) is 4.75. The lowest BCUT2D eigenvalue weighted by atomic mass is 9.92. The Kier molecular flexibility index (Phi) is 4.57. The number of aromatic nitrogens is 1. The van der Waals surface area contributed by atoms with Gasteiger partial charge in [0.2, 0.25) is 0 Å². The van der Waals surface area contributed by atoms with Crippen LogP contribution in [-0.4, -0.2) is 54.1 Å². The summed E-state index contributed by atoms with van der Waals surface area (Å²) in [5.41, 5.74) is 2.07. The molecule has 5 nitrogen and oxygen atoms in total. The molecule has 1 heterocycles. The molecular weight excluding hydrogens is 288 g/mol. The first-order valence-corrected chi connectivity index (χ1v) is 8.32. The van der Waals surface area contributed by atoms with E-state index in [2.05, 4.69) is 47.2 Å². The number of hydrogen-bond donors (Lipinski definition) is 1. The molecule has 1 aliphatic rings. The van der Waals surface area contributed by atoms with Crippen LogP contribution in [0.4, 0.5) is 10.5 Å². The molecule has 0 spiro atoms. The van der Waals surface area contributed by atoms with Crippen molar-refractivity contribution in [3.63, 3.8) is 0 Å². The van der Waals surface area contributed by atoms with Gasteiger partial charge in [-0.15, -0.1) is 0 Å². The number of urea groups is 1. The van der Waals surface area contributed by atoms with Gasteiger partial charge in [0.05, 0.1) is 0 Å². The maximum Gasteiger partial charge on any atom is 0.321 e. The van der Waals surface area contributed by atoms with E-state index in [1.165, 1.54) is 11.9 Å². The van der Waals surface area contributed by atoms with Gasteiger partial charge in [0.1, 0.15) is 0 Å². The molecule has 0 saturated heterocycles. The first-order valence-electron chi connectivity index (χ1n) is 8.32. The van der Waals surface area contributed by atoms with Crippen LogP contribution in [0.25, 0.3) is 10.9 Å². The second-order valence-corrected chi connectivity index (χ2v) is 6.71. The fourth-order valence-corrected chi connectivity index (χ4v) is 2.93. The standard InChI is InChI=1S/C18H26N4O/c1-20(2)11-12-22-10-9-14-13-15(7-8-17(14)22)19-18(23)21(3)16-5-4-6-16/h7-10,13,16H,4-6,11-12H2,1-3H3,(H,19,23). The molecule has 0 unspecified atom stereocenters. The quantitative estimate of drug-likeness (QED) is 0.920. The fraction of sp³-hybridized carbons (Fsp3) is 0.500. The van der Waals surface area contributed by atoms with Gasteiger partial charge in [0.15, 0.2) is 0 Å². The van der Waals surface area contributed by atoms with E-state index in [4.69, 9.17) is 0 Å².